The van der Waals surface area contributed by atoms with Crippen molar-refractivity contribution in [3.8, 4) is 0 Å². The molecule has 3 aromatic rings. The first-order chi connectivity index (χ1) is 13.3. The molecule has 1 saturated heterocycles. The lowest BCUT2D eigenvalue weighted by molar-refractivity contribution is 0.197. The quantitative estimate of drug-likeness (QED) is 0.751. The van der Waals surface area contributed by atoms with Crippen LogP contribution in [0.25, 0.3) is 5.65 Å². The molecule has 1 atom stereocenters. The number of rotatable bonds is 3. The Morgan fingerprint density at radius 1 is 1.07 bits per heavy atom. The molecule has 2 aliphatic rings. The fourth-order valence-corrected chi connectivity index (χ4v) is 5.48. The van der Waals surface area contributed by atoms with E-state index in [-0.39, 0.29) is 0 Å². The van der Waals surface area contributed by atoms with Gasteiger partial charge in [0.15, 0.2) is 5.65 Å². The molecule has 0 unspecified atom stereocenters. The molecule has 2 N–H and O–H groups in total. The molecule has 140 valence electrons. The highest BCUT2D eigenvalue weighted by molar-refractivity contribution is 7.99. The summed E-state index contributed by atoms with van der Waals surface area (Å²) >= 11 is 1.60. The van der Waals surface area contributed by atoms with Gasteiger partial charge in [0.05, 0.1) is 4.90 Å². The second kappa shape index (κ2) is 6.80. The van der Waals surface area contributed by atoms with Crippen LogP contribution in [0.3, 0.4) is 0 Å². The van der Waals surface area contributed by atoms with Crippen LogP contribution in [-0.2, 0) is 0 Å². The summed E-state index contributed by atoms with van der Waals surface area (Å²) in [5.74, 6) is 0.981. The van der Waals surface area contributed by atoms with Crippen LogP contribution in [0.15, 0.2) is 52.9 Å². The third-order valence-corrected chi connectivity index (χ3v) is 7.20. The summed E-state index contributed by atoms with van der Waals surface area (Å²) in [6.45, 7) is 2.03. The SMILES string of the molecule is N[C@@H]1CCCC12CCN(c1ncc(Sc3ccccn3)c3nccn13)CC2. The summed E-state index contributed by atoms with van der Waals surface area (Å²) in [7, 11) is 0. The van der Waals surface area contributed by atoms with Crippen LogP contribution < -0.4 is 10.6 Å². The number of piperidine rings is 1. The molecule has 1 aliphatic carbocycles. The van der Waals surface area contributed by atoms with E-state index in [0.717, 1.165) is 47.4 Å². The Morgan fingerprint density at radius 3 is 2.70 bits per heavy atom. The second-order valence-electron chi connectivity index (χ2n) is 7.66. The first kappa shape index (κ1) is 17.0. The van der Waals surface area contributed by atoms with Crippen molar-refractivity contribution in [2.45, 2.75) is 48.1 Å². The largest absolute Gasteiger partial charge is 0.342 e. The molecule has 1 aliphatic heterocycles. The molecule has 4 heterocycles. The summed E-state index contributed by atoms with van der Waals surface area (Å²) in [5, 5.41) is 0.951. The number of pyridine rings is 1. The van der Waals surface area contributed by atoms with Gasteiger partial charge < -0.3 is 10.6 Å². The van der Waals surface area contributed by atoms with Crippen molar-refractivity contribution in [3.05, 3.63) is 43.0 Å². The molecule has 27 heavy (non-hydrogen) atoms. The molecule has 0 radical (unpaired) electrons. The van der Waals surface area contributed by atoms with E-state index in [4.69, 9.17) is 10.7 Å². The molecule has 0 amide bonds. The highest BCUT2D eigenvalue weighted by Gasteiger charge is 2.43. The van der Waals surface area contributed by atoms with E-state index in [0.29, 0.717) is 11.5 Å². The average Bonchev–Trinajstić information content (AvgIpc) is 3.32. The van der Waals surface area contributed by atoms with Gasteiger partial charge in [-0.15, -0.1) is 0 Å². The van der Waals surface area contributed by atoms with Gasteiger partial charge in [0, 0.05) is 43.9 Å². The first-order valence-corrected chi connectivity index (χ1v) is 10.5. The number of hydrogen-bond acceptors (Lipinski definition) is 6. The Bertz CT molecular complexity index is 932. The molecular weight excluding hydrogens is 356 g/mol. The number of fused-ring (bicyclic) bond motifs is 1. The second-order valence-corrected chi connectivity index (χ2v) is 8.72. The van der Waals surface area contributed by atoms with E-state index in [1.54, 1.807) is 11.8 Å². The Kier molecular flexibility index (Phi) is 4.28. The van der Waals surface area contributed by atoms with Gasteiger partial charge in [0.2, 0.25) is 5.95 Å². The zero-order chi connectivity index (χ0) is 18.3. The predicted molar refractivity (Wildman–Crippen MR) is 107 cm³/mol. The molecule has 2 fully saturated rings. The van der Waals surface area contributed by atoms with Crippen molar-refractivity contribution in [1.82, 2.24) is 19.4 Å². The molecule has 1 saturated carbocycles. The van der Waals surface area contributed by atoms with Gasteiger partial charge in [0.1, 0.15) is 5.03 Å². The van der Waals surface area contributed by atoms with Gasteiger partial charge >= 0.3 is 0 Å². The van der Waals surface area contributed by atoms with Gasteiger partial charge in [-0.2, -0.15) is 0 Å². The summed E-state index contributed by atoms with van der Waals surface area (Å²) in [6.07, 6.45) is 13.7. The van der Waals surface area contributed by atoms with E-state index in [1.165, 1.54) is 19.3 Å². The highest BCUT2D eigenvalue weighted by atomic mass is 32.2. The van der Waals surface area contributed by atoms with E-state index in [1.807, 2.05) is 43.0 Å². The van der Waals surface area contributed by atoms with Crippen molar-refractivity contribution in [2.75, 3.05) is 18.0 Å². The Balaban J connectivity index is 1.41. The molecule has 3 aromatic heterocycles. The normalized spacial score (nSPS) is 22.0. The zero-order valence-corrected chi connectivity index (χ0v) is 16.1. The fraction of sp³-hybridized carbons (Fsp3) is 0.450. The number of hydrogen-bond donors (Lipinski definition) is 1. The lowest BCUT2D eigenvalue weighted by Crippen LogP contribution is -2.47. The van der Waals surface area contributed by atoms with Crippen molar-refractivity contribution in [1.29, 1.82) is 0 Å². The molecule has 5 rings (SSSR count). The van der Waals surface area contributed by atoms with Crippen LogP contribution in [0.2, 0.25) is 0 Å². The van der Waals surface area contributed by atoms with E-state index in [2.05, 4.69) is 19.3 Å². The van der Waals surface area contributed by atoms with E-state index < -0.39 is 0 Å². The minimum Gasteiger partial charge on any atom is -0.342 e. The number of nitrogens with two attached hydrogens (primary N) is 1. The van der Waals surface area contributed by atoms with Crippen LogP contribution >= 0.6 is 11.8 Å². The van der Waals surface area contributed by atoms with Crippen LogP contribution in [0.1, 0.15) is 32.1 Å². The molecular formula is C20H24N6S. The molecule has 1 spiro atoms. The molecule has 6 nitrogen and oxygen atoms in total. The Hall–Kier alpha value is -2.12. The van der Waals surface area contributed by atoms with E-state index >= 15 is 0 Å². The van der Waals surface area contributed by atoms with Gasteiger partial charge in [-0.05, 0) is 43.2 Å². The van der Waals surface area contributed by atoms with Crippen LogP contribution in [0, 0.1) is 5.41 Å². The van der Waals surface area contributed by atoms with Crippen LogP contribution in [-0.4, -0.2) is 38.5 Å². The number of nitrogens with zero attached hydrogens (tertiary/aromatic N) is 5. The first-order valence-electron chi connectivity index (χ1n) is 9.67. The molecule has 7 heteroatoms. The van der Waals surface area contributed by atoms with Crippen molar-refractivity contribution < 1.29 is 0 Å². The van der Waals surface area contributed by atoms with Gasteiger partial charge in [-0.1, -0.05) is 24.2 Å². The molecule has 0 bridgehead atoms. The Morgan fingerprint density at radius 2 is 1.96 bits per heavy atom. The topological polar surface area (TPSA) is 72.3 Å². The van der Waals surface area contributed by atoms with Crippen molar-refractivity contribution in [2.24, 2.45) is 11.1 Å². The van der Waals surface area contributed by atoms with Crippen LogP contribution in [0.5, 0.6) is 0 Å². The summed E-state index contributed by atoms with van der Waals surface area (Å²) < 4.78 is 2.11. The lowest BCUT2D eigenvalue weighted by atomic mass is 9.74. The standard InChI is InChI=1S/C20H24N6S/c21-16-4-3-6-20(16)7-11-25(12-8-20)19-24-14-15(18-23-10-13-26(18)19)27-17-5-1-2-9-22-17/h1-2,5,9-10,13-14,16H,3-4,6-8,11-12,21H2/t16-/m1/s1. The maximum atomic E-state index is 6.44. The highest BCUT2D eigenvalue weighted by Crippen LogP contribution is 2.46. The Labute approximate surface area is 163 Å². The smallest absolute Gasteiger partial charge is 0.211 e. The van der Waals surface area contributed by atoms with Gasteiger partial charge in [-0.3, -0.25) is 4.40 Å². The van der Waals surface area contributed by atoms with Gasteiger partial charge in [0.25, 0.3) is 0 Å². The minimum absolute atomic E-state index is 0.360. The summed E-state index contributed by atoms with van der Waals surface area (Å²) in [4.78, 5) is 17.2. The maximum Gasteiger partial charge on any atom is 0.211 e. The third-order valence-electron chi connectivity index (χ3n) is 6.24. The van der Waals surface area contributed by atoms with Gasteiger partial charge in [-0.25, -0.2) is 15.0 Å². The number of anilines is 1. The third kappa shape index (κ3) is 2.99. The monoisotopic (exact) mass is 380 g/mol. The summed E-state index contributed by atoms with van der Waals surface area (Å²) in [6, 6.07) is 6.30. The predicted octanol–water partition coefficient (Wildman–Crippen LogP) is 3.37. The maximum absolute atomic E-state index is 6.44. The lowest BCUT2D eigenvalue weighted by Gasteiger charge is -2.42. The fourth-order valence-electron chi connectivity index (χ4n) is 4.65. The van der Waals surface area contributed by atoms with Crippen LogP contribution in [0.4, 0.5) is 5.95 Å². The molecule has 0 aromatic carbocycles. The summed E-state index contributed by atoms with van der Waals surface area (Å²) in [5.41, 5.74) is 7.74. The number of imidazole rings is 1. The minimum atomic E-state index is 0.360. The van der Waals surface area contributed by atoms with Crippen molar-refractivity contribution in [3.63, 3.8) is 0 Å². The van der Waals surface area contributed by atoms with Crippen molar-refractivity contribution >= 4 is 23.4 Å². The number of aromatic nitrogens is 4. The zero-order valence-electron chi connectivity index (χ0n) is 15.3. The van der Waals surface area contributed by atoms with E-state index in [9.17, 15) is 0 Å². The average molecular weight is 381 g/mol.